The third kappa shape index (κ3) is 2.73. The van der Waals surface area contributed by atoms with Gasteiger partial charge in [-0.2, -0.15) is 5.10 Å². The zero-order valence-corrected chi connectivity index (χ0v) is 14.1. The Labute approximate surface area is 127 Å². The van der Waals surface area contributed by atoms with Gasteiger partial charge < -0.3 is 0 Å². The highest BCUT2D eigenvalue weighted by molar-refractivity contribution is 9.10. The van der Waals surface area contributed by atoms with Crippen LogP contribution in [-0.4, -0.2) is 18.2 Å². The molecular weight excluding hydrogens is 342 g/mol. The molecular formula is C13H16BrN3O2S. The van der Waals surface area contributed by atoms with E-state index < -0.39 is 10.0 Å². The van der Waals surface area contributed by atoms with Crippen molar-refractivity contribution in [3.05, 3.63) is 39.6 Å². The van der Waals surface area contributed by atoms with Crippen LogP contribution >= 0.6 is 15.9 Å². The second kappa shape index (κ2) is 5.21. The number of aromatic nitrogens is 2. The summed E-state index contributed by atoms with van der Waals surface area (Å²) in [6, 6.07) is 5.50. The fourth-order valence-electron chi connectivity index (χ4n) is 2.06. The van der Waals surface area contributed by atoms with Crippen LogP contribution in [-0.2, 0) is 17.1 Å². The largest absolute Gasteiger partial charge is 0.278 e. The van der Waals surface area contributed by atoms with Crippen LogP contribution in [0.5, 0.6) is 0 Å². The standard InChI is InChI=1S/C13H16BrN3O2S/c1-8-5-6-11(14)12(7-8)16-20(18,19)13-9(2)15-17(4)10(13)3/h5-7,16H,1-4H3. The maximum absolute atomic E-state index is 12.5. The highest BCUT2D eigenvalue weighted by atomic mass is 79.9. The molecule has 7 heteroatoms. The van der Waals surface area contributed by atoms with Crippen LogP contribution in [0.15, 0.2) is 27.6 Å². The molecule has 0 radical (unpaired) electrons. The average molecular weight is 358 g/mol. The Morgan fingerprint density at radius 3 is 2.45 bits per heavy atom. The quantitative estimate of drug-likeness (QED) is 0.918. The molecule has 0 atom stereocenters. The van der Waals surface area contributed by atoms with Crippen molar-refractivity contribution in [3.63, 3.8) is 0 Å². The minimum Gasteiger partial charge on any atom is -0.278 e. The zero-order chi connectivity index (χ0) is 15.1. The van der Waals surface area contributed by atoms with E-state index in [-0.39, 0.29) is 4.90 Å². The van der Waals surface area contributed by atoms with E-state index in [2.05, 4.69) is 25.8 Å². The van der Waals surface area contributed by atoms with Crippen molar-refractivity contribution in [1.29, 1.82) is 0 Å². The van der Waals surface area contributed by atoms with Crippen LogP contribution in [0.25, 0.3) is 0 Å². The summed E-state index contributed by atoms with van der Waals surface area (Å²) in [5, 5.41) is 4.14. The van der Waals surface area contributed by atoms with Crippen molar-refractivity contribution in [1.82, 2.24) is 9.78 Å². The Morgan fingerprint density at radius 2 is 1.90 bits per heavy atom. The summed E-state index contributed by atoms with van der Waals surface area (Å²) in [5.74, 6) is 0. The Kier molecular flexibility index (Phi) is 3.93. The van der Waals surface area contributed by atoms with Gasteiger partial charge in [0.2, 0.25) is 0 Å². The molecule has 0 aliphatic heterocycles. The molecule has 0 spiro atoms. The first-order chi connectivity index (χ1) is 9.22. The molecule has 20 heavy (non-hydrogen) atoms. The molecule has 1 aromatic carbocycles. The first-order valence-electron chi connectivity index (χ1n) is 6.01. The van der Waals surface area contributed by atoms with E-state index in [1.54, 1.807) is 31.6 Å². The minimum absolute atomic E-state index is 0.230. The Balaban J connectivity index is 2.49. The molecule has 2 rings (SSSR count). The van der Waals surface area contributed by atoms with Crippen LogP contribution in [0.3, 0.4) is 0 Å². The van der Waals surface area contributed by atoms with Gasteiger partial charge >= 0.3 is 0 Å². The molecule has 0 bridgehead atoms. The number of rotatable bonds is 3. The van der Waals surface area contributed by atoms with Crippen LogP contribution in [0, 0.1) is 20.8 Å². The van der Waals surface area contributed by atoms with Crippen molar-refractivity contribution >= 4 is 31.6 Å². The third-order valence-electron chi connectivity index (χ3n) is 3.08. The second-order valence-corrected chi connectivity index (χ2v) is 7.19. The number of hydrogen-bond donors (Lipinski definition) is 1. The number of benzene rings is 1. The monoisotopic (exact) mass is 357 g/mol. The Hall–Kier alpha value is -1.34. The fraction of sp³-hybridized carbons (Fsp3) is 0.308. The molecule has 1 aromatic heterocycles. The van der Waals surface area contributed by atoms with E-state index in [1.807, 2.05) is 19.1 Å². The number of nitrogens with one attached hydrogen (secondary N) is 1. The molecule has 0 amide bonds. The molecule has 0 unspecified atom stereocenters. The van der Waals surface area contributed by atoms with Gasteiger partial charge in [-0.3, -0.25) is 9.40 Å². The molecule has 108 valence electrons. The van der Waals surface area contributed by atoms with Gasteiger partial charge in [0, 0.05) is 11.5 Å². The lowest BCUT2D eigenvalue weighted by atomic mass is 10.2. The molecule has 0 saturated carbocycles. The SMILES string of the molecule is Cc1ccc(Br)c(NS(=O)(=O)c2c(C)nn(C)c2C)c1. The fourth-order valence-corrected chi connectivity index (χ4v) is 4.04. The van der Waals surface area contributed by atoms with Crippen molar-refractivity contribution < 1.29 is 8.42 Å². The summed E-state index contributed by atoms with van der Waals surface area (Å²) in [6.07, 6.45) is 0. The molecule has 0 saturated heterocycles. The highest BCUT2D eigenvalue weighted by Gasteiger charge is 2.24. The van der Waals surface area contributed by atoms with Crippen LogP contribution in [0.1, 0.15) is 17.0 Å². The predicted octanol–water partition coefficient (Wildman–Crippen LogP) is 2.91. The summed E-state index contributed by atoms with van der Waals surface area (Å²) in [6.45, 7) is 5.33. The lowest BCUT2D eigenvalue weighted by Crippen LogP contribution is -2.15. The van der Waals surface area contributed by atoms with E-state index in [1.165, 1.54) is 0 Å². The summed E-state index contributed by atoms with van der Waals surface area (Å²) in [5.41, 5.74) is 2.60. The summed E-state index contributed by atoms with van der Waals surface area (Å²) in [7, 11) is -1.93. The molecule has 2 aromatic rings. The number of hydrogen-bond acceptors (Lipinski definition) is 3. The number of sulfonamides is 1. The van der Waals surface area contributed by atoms with Gasteiger partial charge in [0.25, 0.3) is 10.0 Å². The minimum atomic E-state index is -3.66. The van der Waals surface area contributed by atoms with Crippen LogP contribution in [0.2, 0.25) is 0 Å². The van der Waals surface area contributed by atoms with Gasteiger partial charge in [0.1, 0.15) is 4.90 Å². The Morgan fingerprint density at radius 1 is 1.25 bits per heavy atom. The maximum atomic E-state index is 12.5. The third-order valence-corrected chi connectivity index (χ3v) is 5.39. The number of nitrogens with zero attached hydrogens (tertiary/aromatic N) is 2. The Bertz CT molecular complexity index is 766. The summed E-state index contributed by atoms with van der Waals surface area (Å²) in [4.78, 5) is 0.230. The van der Waals surface area contributed by atoms with E-state index in [0.29, 0.717) is 21.5 Å². The van der Waals surface area contributed by atoms with E-state index in [0.717, 1.165) is 5.56 Å². The molecule has 0 aliphatic carbocycles. The van der Waals surface area contributed by atoms with E-state index >= 15 is 0 Å². The van der Waals surface area contributed by atoms with E-state index in [4.69, 9.17) is 0 Å². The summed E-state index contributed by atoms with van der Waals surface area (Å²) < 4.78 is 29.9. The second-order valence-electron chi connectivity index (χ2n) is 4.71. The molecule has 5 nitrogen and oxygen atoms in total. The van der Waals surface area contributed by atoms with Crippen LogP contribution < -0.4 is 4.72 Å². The van der Waals surface area contributed by atoms with Crippen molar-refractivity contribution in [2.75, 3.05) is 4.72 Å². The predicted molar refractivity (Wildman–Crippen MR) is 82.4 cm³/mol. The van der Waals surface area contributed by atoms with Crippen LogP contribution in [0.4, 0.5) is 5.69 Å². The number of anilines is 1. The lowest BCUT2D eigenvalue weighted by molar-refractivity contribution is 0.599. The highest BCUT2D eigenvalue weighted by Crippen LogP contribution is 2.28. The zero-order valence-electron chi connectivity index (χ0n) is 11.7. The van der Waals surface area contributed by atoms with Gasteiger partial charge in [-0.1, -0.05) is 6.07 Å². The molecule has 0 aliphatic rings. The molecule has 1 heterocycles. The van der Waals surface area contributed by atoms with Gasteiger partial charge in [-0.05, 0) is 54.4 Å². The maximum Gasteiger partial charge on any atom is 0.265 e. The van der Waals surface area contributed by atoms with Crippen molar-refractivity contribution in [3.8, 4) is 0 Å². The number of halogens is 1. The van der Waals surface area contributed by atoms with Gasteiger partial charge in [-0.25, -0.2) is 8.42 Å². The lowest BCUT2D eigenvalue weighted by Gasteiger charge is -2.11. The van der Waals surface area contributed by atoms with Gasteiger partial charge in [0.15, 0.2) is 0 Å². The molecule has 1 N–H and O–H groups in total. The van der Waals surface area contributed by atoms with Crippen molar-refractivity contribution in [2.45, 2.75) is 25.7 Å². The summed E-state index contributed by atoms with van der Waals surface area (Å²) >= 11 is 3.35. The first-order valence-corrected chi connectivity index (χ1v) is 8.29. The molecule has 0 fully saturated rings. The van der Waals surface area contributed by atoms with Gasteiger partial charge in [0.05, 0.1) is 17.1 Å². The smallest absolute Gasteiger partial charge is 0.265 e. The average Bonchev–Trinajstić information content (AvgIpc) is 2.58. The number of aryl methyl sites for hydroxylation is 3. The van der Waals surface area contributed by atoms with Crippen molar-refractivity contribution in [2.24, 2.45) is 7.05 Å². The normalized spacial score (nSPS) is 11.7. The van der Waals surface area contributed by atoms with E-state index in [9.17, 15) is 8.42 Å². The first kappa shape index (κ1) is 15.1. The topological polar surface area (TPSA) is 64.0 Å². The van der Waals surface area contributed by atoms with Gasteiger partial charge in [-0.15, -0.1) is 0 Å².